The highest BCUT2D eigenvalue weighted by molar-refractivity contribution is 6.33. The van der Waals surface area contributed by atoms with Gasteiger partial charge in [0, 0.05) is 24.2 Å². The van der Waals surface area contributed by atoms with E-state index >= 15 is 0 Å². The first kappa shape index (κ1) is 22.3. The number of aromatic nitrogens is 1. The fraction of sp³-hybridized carbons (Fsp3) is 0.0741. The van der Waals surface area contributed by atoms with Gasteiger partial charge in [-0.1, -0.05) is 60.2 Å². The van der Waals surface area contributed by atoms with Crippen LogP contribution in [0.15, 0.2) is 84.2 Å². The molecule has 1 aromatic heterocycles. The van der Waals surface area contributed by atoms with Crippen LogP contribution in [0.5, 0.6) is 0 Å². The van der Waals surface area contributed by atoms with Gasteiger partial charge in [0.2, 0.25) is 5.78 Å². The zero-order valence-electron chi connectivity index (χ0n) is 17.8. The molecule has 0 saturated carbocycles. The summed E-state index contributed by atoms with van der Waals surface area (Å²) in [7, 11) is 0. The number of benzene rings is 2. The average Bonchev–Trinajstić information content (AvgIpc) is 2.81. The zero-order valence-corrected chi connectivity index (χ0v) is 17.8. The standard InChI is InChI=1S/C27H21N3O2/c1-18-10-11-22(15-28)24(13-18)26(21-8-4-3-5-9-21)25(19(2)31)27(32)23(16-29)14-20-7-6-12-30-17-20/h3-15,17,28H,1-2H3/b23-14+,26-25+,28-15?. The third-order valence-corrected chi connectivity index (χ3v) is 4.89. The van der Waals surface area contributed by atoms with Crippen LogP contribution in [0.2, 0.25) is 0 Å². The molecule has 0 aliphatic rings. The summed E-state index contributed by atoms with van der Waals surface area (Å²) >= 11 is 0. The van der Waals surface area contributed by atoms with Crippen molar-refractivity contribution in [3.8, 4) is 6.07 Å². The summed E-state index contributed by atoms with van der Waals surface area (Å²) in [6.07, 6.45) is 5.75. The smallest absolute Gasteiger partial charge is 0.207 e. The van der Waals surface area contributed by atoms with Crippen LogP contribution in [0.3, 0.4) is 0 Å². The van der Waals surface area contributed by atoms with Gasteiger partial charge in [-0.25, -0.2) is 0 Å². The second kappa shape index (κ2) is 10.1. The Morgan fingerprint density at radius 2 is 1.81 bits per heavy atom. The van der Waals surface area contributed by atoms with Crippen molar-refractivity contribution in [1.82, 2.24) is 4.98 Å². The first-order valence-electron chi connectivity index (χ1n) is 9.95. The fourth-order valence-corrected chi connectivity index (χ4v) is 3.41. The number of hydrogen-bond acceptors (Lipinski definition) is 5. The van der Waals surface area contributed by atoms with E-state index in [1.807, 2.05) is 43.3 Å². The molecule has 0 amide bonds. The van der Waals surface area contributed by atoms with Crippen LogP contribution in [0, 0.1) is 23.7 Å². The van der Waals surface area contributed by atoms with Crippen molar-refractivity contribution in [2.24, 2.45) is 0 Å². The molecule has 156 valence electrons. The molecule has 5 nitrogen and oxygen atoms in total. The maximum Gasteiger partial charge on any atom is 0.207 e. The molecular weight excluding hydrogens is 398 g/mol. The quantitative estimate of drug-likeness (QED) is 0.193. The summed E-state index contributed by atoms with van der Waals surface area (Å²) in [4.78, 5) is 30.4. The Morgan fingerprint density at radius 3 is 2.41 bits per heavy atom. The van der Waals surface area contributed by atoms with E-state index < -0.39 is 11.6 Å². The number of rotatable bonds is 7. The summed E-state index contributed by atoms with van der Waals surface area (Å²) in [5.41, 5.74) is 3.44. The third-order valence-electron chi connectivity index (χ3n) is 4.89. The number of nitriles is 1. The van der Waals surface area contributed by atoms with Crippen LogP contribution >= 0.6 is 0 Å². The van der Waals surface area contributed by atoms with Crippen LogP contribution in [0.25, 0.3) is 11.6 Å². The Balaban J connectivity index is 2.36. The van der Waals surface area contributed by atoms with E-state index in [4.69, 9.17) is 5.41 Å². The number of allylic oxidation sites excluding steroid dienone is 2. The van der Waals surface area contributed by atoms with Gasteiger partial charge in [-0.2, -0.15) is 5.26 Å². The third kappa shape index (κ3) is 4.82. The van der Waals surface area contributed by atoms with E-state index in [1.54, 1.807) is 36.5 Å². The van der Waals surface area contributed by atoms with Crippen molar-refractivity contribution in [2.45, 2.75) is 13.8 Å². The van der Waals surface area contributed by atoms with Gasteiger partial charge in [0.25, 0.3) is 0 Å². The molecule has 0 atom stereocenters. The summed E-state index contributed by atoms with van der Waals surface area (Å²) in [6.45, 7) is 3.22. The molecule has 1 N–H and O–H groups in total. The van der Waals surface area contributed by atoms with Crippen molar-refractivity contribution < 1.29 is 9.59 Å². The Kier molecular flexibility index (Phi) is 6.99. The van der Waals surface area contributed by atoms with Crippen molar-refractivity contribution in [2.75, 3.05) is 0 Å². The first-order valence-corrected chi connectivity index (χ1v) is 9.95. The van der Waals surface area contributed by atoms with Gasteiger partial charge in [-0.05, 0) is 48.2 Å². The van der Waals surface area contributed by atoms with E-state index in [1.165, 1.54) is 25.4 Å². The maximum absolute atomic E-state index is 13.5. The molecule has 5 heteroatoms. The molecule has 0 fully saturated rings. The number of Topliss-reactive ketones (excluding diaryl/α,β-unsaturated/α-hetero) is 2. The average molecular weight is 419 g/mol. The minimum atomic E-state index is -0.667. The summed E-state index contributed by atoms with van der Waals surface area (Å²) in [6, 6.07) is 19.9. The Hall–Kier alpha value is -4.43. The second-order valence-corrected chi connectivity index (χ2v) is 7.19. The van der Waals surface area contributed by atoms with E-state index in [0.29, 0.717) is 27.8 Å². The van der Waals surface area contributed by atoms with Gasteiger partial charge in [0.1, 0.15) is 11.6 Å². The molecule has 32 heavy (non-hydrogen) atoms. The van der Waals surface area contributed by atoms with Crippen LogP contribution in [0.1, 0.15) is 34.7 Å². The highest BCUT2D eigenvalue weighted by Gasteiger charge is 2.26. The number of nitrogens with one attached hydrogen (secondary N) is 1. The van der Waals surface area contributed by atoms with Gasteiger partial charge in [-0.3, -0.25) is 14.6 Å². The van der Waals surface area contributed by atoms with Crippen LogP contribution in [-0.2, 0) is 9.59 Å². The van der Waals surface area contributed by atoms with E-state index in [2.05, 4.69) is 4.98 Å². The van der Waals surface area contributed by atoms with E-state index in [-0.39, 0.29) is 11.1 Å². The predicted octanol–water partition coefficient (Wildman–Crippen LogP) is 4.95. The van der Waals surface area contributed by atoms with Gasteiger partial charge >= 0.3 is 0 Å². The zero-order chi connectivity index (χ0) is 23.1. The number of carbonyl (C=O) groups is 2. The lowest BCUT2D eigenvalue weighted by molar-refractivity contribution is -0.118. The van der Waals surface area contributed by atoms with Crippen LogP contribution in [-0.4, -0.2) is 22.8 Å². The Labute approximate surface area is 186 Å². The normalized spacial score (nSPS) is 11.8. The Bertz CT molecular complexity index is 1280. The largest absolute Gasteiger partial charge is 0.308 e. The lowest BCUT2D eigenvalue weighted by Gasteiger charge is -2.16. The molecule has 0 unspecified atom stereocenters. The summed E-state index contributed by atoms with van der Waals surface area (Å²) in [5.74, 6) is -1.13. The maximum atomic E-state index is 13.5. The minimum absolute atomic E-state index is 0.0957. The number of pyridine rings is 1. The van der Waals surface area contributed by atoms with Crippen molar-refractivity contribution in [3.63, 3.8) is 0 Å². The van der Waals surface area contributed by atoms with Gasteiger partial charge < -0.3 is 5.41 Å². The lowest BCUT2D eigenvalue weighted by atomic mass is 9.85. The van der Waals surface area contributed by atoms with Crippen molar-refractivity contribution >= 4 is 29.4 Å². The van der Waals surface area contributed by atoms with Gasteiger partial charge in [0.05, 0.1) is 5.57 Å². The first-order chi connectivity index (χ1) is 15.5. The number of hydrogen-bond donors (Lipinski definition) is 1. The number of aryl methyl sites for hydroxylation is 1. The van der Waals surface area contributed by atoms with Gasteiger partial charge in [-0.15, -0.1) is 0 Å². The topological polar surface area (TPSA) is 94.7 Å². The molecule has 1 heterocycles. The van der Waals surface area contributed by atoms with Crippen LogP contribution < -0.4 is 0 Å². The van der Waals surface area contributed by atoms with Crippen molar-refractivity contribution in [3.05, 3.63) is 112 Å². The minimum Gasteiger partial charge on any atom is -0.308 e. The summed E-state index contributed by atoms with van der Waals surface area (Å²) < 4.78 is 0. The van der Waals surface area contributed by atoms with E-state index in [0.717, 1.165) is 5.56 Å². The second-order valence-electron chi connectivity index (χ2n) is 7.19. The van der Waals surface area contributed by atoms with E-state index in [9.17, 15) is 14.9 Å². The fourth-order valence-electron chi connectivity index (χ4n) is 3.41. The van der Waals surface area contributed by atoms with Crippen LogP contribution in [0.4, 0.5) is 0 Å². The molecule has 2 aromatic carbocycles. The SMILES string of the molecule is CC(=O)/C(C(=O)/C(C#N)=C/c1cccnc1)=C(/c1ccccc1)c1cc(C)ccc1C=N. The Morgan fingerprint density at radius 1 is 1.06 bits per heavy atom. The highest BCUT2D eigenvalue weighted by atomic mass is 16.1. The molecule has 0 aliphatic carbocycles. The lowest BCUT2D eigenvalue weighted by Crippen LogP contribution is -2.16. The molecular formula is C27H21N3O2. The number of nitrogens with zero attached hydrogens (tertiary/aromatic N) is 2. The molecule has 0 spiro atoms. The molecule has 0 saturated heterocycles. The summed E-state index contributed by atoms with van der Waals surface area (Å²) in [5, 5.41) is 17.6. The predicted molar refractivity (Wildman–Crippen MR) is 125 cm³/mol. The molecule has 3 rings (SSSR count). The molecule has 0 aliphatic heterocycles. The molecule has 0 radical (unpaired) electrons. The molecule has 3 aromatic rings. The number of ketones is 2. The molecule has 0 bridgehead atoms. The monoisotopic (exact) mass is 419 g/mol. The van der Waals surface area contributed by atoms with Gasteiger partial charge in [0.15, 0.2) is 5.78 Å². The number of carbonyl (C=O) groups excluding carboxylic acids is 2. The highest BCUT2D eigenvalue weighted by Crippen LogP contribution is 2.32. The van der Waals surface area contributed by atoms with Crippen molar-refractivity contribution in [1.29, 1.82) is 10.7 Å².